The molecular formula is C19H28N2O3. The lowest BCUT2D eigenvalue weighted by Crippen LogP contribution is -2.57. The molecule has 0 spiro atoms. The molecule has 5 nitrogen and oxygen atoms in total. The molecule has 1 aromatic carbocycles. The van der Waals surface area contributed by atoms with Crippen LogP contribution in [0.5, 0.6) is 0 Å². The summed E-state index contributed by atoms with van der Waals surface area (Å²) in [5.74, 6) is 0.491. The number of carbonyl (C=O) groups is 1. The maximum atomic E-state index is 12.5. The maximum Gasteiger partial charge on any atom is 0.315 e. The van der Waals surface area contributed by atoms with Gasteiger partial charge in [0, 0.05) is 25.4 Å². The fraction of sp³-hybridized carbons (Fsp3) is 0.632. The minimum absolute atomic E-state index is 0.0100. The van der Waals surface area contributed by atoms with Gasteiger partial charge in [-0.3, -0.25) is 0 Å². The average Bonchev–Trinajstić information content (AvgIpc) is 3.06. The van der Waals surface area contributed by atoms with E-state index in [0.29, 0.717) is 12.3 Å². The lowest BCUT2D eigenvalue weighted by molar-refractivity contribution is 0.134. The quantitative estimate of drug-likeness (QED) is 0.719. The molecule has 24 heavy (non-hydrogen) atoms. The van der Waals surface area contributed by atoms with Crippen molar-refractivity contribution in [1.82, 2.24) is 10.6 Å². The first-order valence-corrected chi connectivity index (χ1v) is 9.03. The molecule has 3 rings (SSSR count). The van der Waals surface area contributed by atoms with Crippen molar-refractivity contribution in [1.29, 1.82) is 0 Å². The minimum atomic E-state index is -0.212. The van der Waals surface area contributed by atoms with Gasteiger partial charge in [-0.25, -0.2) is 4.79 Å². The first kappa shape index (κ1) is 17.2. The molecule has 1 saturated carbocycles. The van der Waals surface area contributed by atoms with Gasteiger partial charge in [-0.2, -0.15) is 0 Å². The first-order valence-electron chi connectivity index (χ1n) is 9.03. The first-order chi connectivity index (χ1) is 11.7. The van der Waals surface area contributed by atoms with Crippen molar-refractivity contribution in [3.8, 4) is 0 Å². The van der Waals surface area contributed by atoms with Crippen LogP contribution in [0.15, 0.2) is 30.3 Å². The Kier molecular flexibility index (Phi) is 5.74. The molecule has 1 aromatic rings. The summed E-state index contributed by atoms with van der Waals surface area (Å²) in [7, 11) is 0. The maximum absolute atomic E-state index is 12.5. The smallest absolute Gasteiger partial charge is 0.315 e. The van der Waals surface area contributed by atoms with E-state index in [-0.39, 0.29) is 24.2 Å². The van der Waals surface area contributed by atoms with Crippen LogP contribution in [-0.2, 0) is 4.74 Å². The van der Waals surface area contributed by atoms with Gasteiger partial charge in [0.25, 0.3) is 0 Å². The SMILES string of the molecule is O=C(N[C@@H](C[C@H]1CCOC1)c1ccccc1)NC1(CCO)CCC1. The van der Waals surface area contributed by atoms with E-state index in [1.807, 2.05) is 18.2 Å². The van der Waals surface area contributed by atoms with Gasteiger partial charge >= 0.3 is 6.03 Å². The predicted octanol–water partition coefficient (Wildman–Crippen LogP) is 2.76. The molecule has 0 unspecified atom stereocenters. The van der Waals surface area contributed by atoms with E-state index in [9.17, 15) is 9.90 Å². The highest BCUT2D eigenvalue weighted by Crippen LogP contribution is 2.35. The summed E-state index contributed by atoms with van der Waals surface area (Å²) in [5.41, 5.74) is 0.917. The third-order valence-corrected chi connectivity index (χ3v) is 5.38. The number of aliphatic hydroxyl groups is 1. The van der Waals surface area contributed by atoms with E-state index in [0.717, 1.165) is 50.9 Å². The number of amides is 2. The normalized spacial score (nSPS) is 23.3. The summed E-state index contributed by atoms with van der Waals surface area (Å²) in [5, 5.41) is 15.5. The van der Waals surface area contributed by atoms with Gasteiger partial charge in [-0.1, -0.05) is 30.3 Å². The Labute approximate surface area is 143 Å². The lowest BCUT2D eigenvalue weighted by Gasteiger charge is -2.42. The lowest BCUT2D eigenvalue weighted by atomic mass is 9.74. The van der Waals surface area contributed by atoms with Crippen molar-refractivity contribution < 1.29 is 14.6 Å². The Bertz CT molecular complexity index is 525. The molecule has 1 aliphatic heterocycles. The number of benzene rings is 1. The van der Waals surface area contributed by atoms with Crippen LogP contribution in [0.1, 0.15) is 50.1 Å². The van der Waals surface area contributed by atoms with Gasteiger partial charge in [-0.15, -0.1) is 0 Å². The van der Waals surface area contributed by atoms with E-state index in [2.05, 4.69) is 22.8 Å². The van der Waals surface area contributed by atoms with Crippen LogP contribution < -0.4 is 10.6 Å². The Morgan fingerprint density at radius 2 is 2.12 bits per heavy atom. The third-order valence-electron chi connectivity index (χ3n) is 5.38. The predicted molar refractivity (Wildman–Crippen MR) is 92.7 cm³/mol. The number of rotatable bonds is 7. The fourth-order valence-corrected chi connectivity index (χ4v) is 3.76. The fourth-order valence-electron chi connectivity index (χ4n) is 3.76. The molecule has 1 saturated heterocycles. The molecule has 2 aliphatic rings. The zero-order chi connectivity index (χ0) is 16.8. The van der Waals surface area contributed by atoms with Gasteiger partial charge in [-0.05, 0) is 50.0 Å². The van der Waals surface area contributed by atoms with E-state index < -0.39 is 0 Å². The van der Waals surface area contributed by atoms with Gasteiger partial charge in [0.1, 0.15) is 0 Å². The Balaban J connectivity index is 1.63. The van der Waals surface area contributed by atoms with Crippen LogP contribution in [0.2, 0.25) is 0 Å². The molecule has 1 heterocycles. The average molecular weight is 332 g/mol. The van der Waals surface area contributed by atoms with Gasteiger partial charge in [0.05, 0.1) is 6.04 Å². The number of carbonyl (C=O) groups excluding carboxylic acids is 1. The second kappa shape index (κ2) is 7.99. The molecule has 2 amide bonds. The zero-order valence-corrected chi connectivity index (χ0v) is 14.2. The van der Waals surface area contributed by atoms with E-state index in [1.165, 1.54) is 0 Å². The Hall–Kier alpha value is -1.59. The summed E-state index contributed by atoms with van der Waals surface area (Å²) in [6, 6.07) is 9.99. The van der Waals surface area contributed by atoms with Crippen molar-refractivity contribution in [3.05, 3.63) is 35.9 Å². The summed E-state index contributed by atoms with van der Waals surface area (Å²) in [6.45, 7) is 1.71. The summed E-state index contributed by atoms with van der Waals surface area (Å²) in [6.07, 6.45) is 5.60. The highest BCUT2D eigenvalue weighted by molar-refractivity contribution is 5.75. The standard InChI is InChI=1S/C19H28N2O3/c22-11-10-19(8-4-9-19)21-18(23)20-17(13-15-7-12-24-14-15)16-5-2-1-3-6-16/h1-3,5-6,15,17,22H,4,7-14H2,(H2,20,21,23)/t15-,17+/m1/s1. The number of hydrogen-bond donors (Lipinski definition) is 3. The van der Waals surface area contributed by atoms with E-state index >= 15 is 0 Å². The molecule has 0 bridgehead atoms. The Morgan fingerprint density at radius 3 is 2.71 bits per heavy atom. The topological polar surface area (TPSA) is 70.6 Å². The van der Waals surface area contributed by atoms with Crippen molar-refractivity contribution in [2.45, 2.75) is 50.1 Å². The molecule has 3 N–H and O–H groups in total. The van der Waals surface area contributed by atoms with Crippen molar-refractivity contribution in [2.24, 2.45) is 5.92 Å². The summed E-state index contributed by atoms with van der Waals surface area (Å²) < 4.78 is 5.48. The summed E-state index contributed by atoms with van der Waals surface area (Å²) >= 11 is 0. The third kappa shape index (κ3) is 4.28. The van der Waals surface area contributed by atoms with Gasteiger partial charge in [0.2, 0.25) is 0 Å². The molecule has 0 radical (unpaired) electrons. The number of hydrogen-bond acceptors (Lipinski definition) is 3. The minimum Gasteiger partial charge on any atom is -0.396 e. The van der Waals surface area contributed by atoms with E-state index in [1.54, 1.807) is 0 Å². The Morgan fingerprint density at radius 1 is 1.33 bits per heavy atom. The zero-order valence-electron chi connectivity index (χ0n) is 14.2. The number of nitrogens with one attached hydrogen (secondary N) is 2. The van der Waals surface area contributed by atoms with Crippen LogP contribution in [0.3, 0.4) is 0 Å². The van der Waals surface area contributed by atoms with E-state index in [4.69, 9.17) is 4.74 Å². The molecular weight excluding hydrogens is 304 g/mol. The molecule has 2 atom stereocenters. The van der Waals surface area contributed by atoms with Crippen LogP contribution in [0, 0.1) is 5.92 Å². The molecule has 5 heteroatoms. The van der Waals surface area contributed by atoms with Crippen LogP contribution in [-0.4, -0.2) is 36.5 Å². The molecule has 0 aromatic heterocycles. The molecule has 2 fully saturated rings. The van der Waals surface area contributed by atoms with Crippen LogP contribution >= 0.6 is 0 Å². The monoisotopic (exact) mass is 332 g/mol. The second-order valence-electron chi connectivity index (χ2n) is 7.13. The van der Waals surface area contributed by atoms with Crippen LogP contribution in [0.25, 0.3) is 0 Å². The van der Waals surface area contributed by atoms with Gasteiger partial charge in [0.15, 0.2) is 0 Å². The van der Waals surface area contributed by atoms with Crippen molar-refractivity contribution in [2.75, 3.05) is 19.8 Å². The van der Waals surface area contributed by atoms with Gasteiger partial charge < -0.3 is 20.5 Å². The summed E-state index contributed by atoms with van der Waals surface area (Å²) in [4.78, 5) is 12.5. The number of aliphatic hydroxyl groups excluding tert-OH is 1. The number of ether oxygens (including phenoxy) is 1. The largest absolute Gasteiger partial charge is 0.396 e. The highest BCUT2D eigenvalue weighted by Gasteiger charge is 2.38. The highest BCUT2D eigenvalue weighted by atomic mass is 16.5. The van der Waals surface area contributed by atoms with Crippen molar-refractivity contribution in [3.63, 3.8) is 0 Å². The molecule has 132 valence electrons. The van der Waals surface area contributed by atoms with Crippen LogP contribution in [0.4, 0.5) is 4.79 Å². The second-order valence-corrected chi connectivity index (χ2v) is 7.13. The molecule has 1 aliphatic carbocycles. The number of urea groups is 1. The van der Waals surface area contributed by atoms with Crippen molar-refractivity contribution >= 4 is 6.03 Å².